The number of guanidine groups is 1. The lowest BCUT2D eigenvalue weighted by Crippen LogP contribution is -2.42. The van der Waals surface area contributed by atoms with Gasteiger partial charge in [-0.1, -0.05) is 24.3 Å². The summed E-state index contributed by atoms with van der Waals surface area (Å²) >= 11 is 0. The van der Waals surface area contributed by atoms with Crippen LogP contribution >= 0.6 is 24.0 Å². The Balaban J connectivity index is 0.00000243. The fourth-order valence-electron chi connectivity index (χ4n) is 2.68. The third-order valence-corrected chi connectivity index (χ3v) is 5.78. The van der Waals surface area contributed by atoms with Crippen molar-refractivity contribution >= 4 is 40.0 Å². The third-order valence-electron chi connectivity index (χ3n) is 4.25. The largest absolute Gasteiger partial charge is 0.357 e. The summed E-state index contributed by atoms with van der Waals surface area (Å²) < 4.78 is 27.0. The first-order chi connectivity index (χ1) is 12.1. The summed E-state index contributed by atoms with van der Waals surface area (Å²) in [6, 6.07) is 7.47. The van der Waals surface area contributed by atoms with Crippen LogP contribution in [0.2, 0.25) is 0 Å². The first kappa shape index (κ1) is 21.2. The van der Waals surface area contributed by atoms with Gasteiger partial charge in [0.25, 0.3) is 0 Å². The van der Waals surface area contributed by atoms with Gasteiger partial charge < -0.3 is 10.6 Å². The van der Waals surface area contributed by atoms with Crippen LogP contribution in [-0.4, -0.2) is 33.0 Å². The maximum Gasteiger partial charge on any atom is 0.240 e. The van der Waals surface area contributed by atoms with Gasteiger partial charge in [0.2, 0.25) is 10.0 Å². The van der Waals surface area contributed by atoms with Crippen molar-refractivity contribution in [1.82, 2.24) is 15.4 Å². The number of nitrogens with one attached hydrogen (secondary N) is 3. The number of sulfonamides is 1. The maximum atomic E-state index is 12.2. The van der Waals surface area contributed by atoms with Crippen molar-refractivity contribution < 1.29 is 8.42 Å². The van der Waals surface area contributed by atoms with Crippen LogP contribution in [0.1, 0.15) is 38.2 Å². The summed E-state index contributed by atoms with van der Waals surface area (Å²) in [7, 11) is -3.39. The maximum absolute atomic E-state index is 12.2. The molecule has 1 saturated carbocycles. The summed E-state index contributed by atoms with van der Waals surface area (Å²) in [5.74, 6) is 0.795. The molecule has 0 bridgehead atoms. The molecule has 0 heterocycles. The molecule has 144 valence electrons. The van der Waals surface area contributed by atoms with Crippen LogP contribution in [0.3, 0.4) is 0 Å². The minimum absolute atomic E-state index is 0. The first-order valence-electron chi connectivity index (χ1n) is 8.88. The number of nitrogens with zero attached hydrogens (tertiary/aromatic N) is 1. The molecule has 26 heavy (non-hydrogen) atoms. The van der Waals surface area contributed by atoms with Crippen LogP contribution in [0.4, 0.5) is 0 Å². The zero-order valence-corrected chi connectivity index (χ0v) is 18.1. The molecule has 1 aromatic carbocycles. The van der Waals surface area contributed by atoms with Crippen molar-refractivity contribution in [2.45, 2.75) is 56.1 Å². The van der Waals surface area contributed by atoms with E-state index in [4.69, 9.17) is 0 Å². The fourth-order valence-corrected chi connectivity index (χ4v) is 3.99. The standard InChI is InChI=1S/C18H26N4O2S.HI/c1-2-19-18(21-15-5-3-4-6-15)20-13-14-7-11-17(12-8-14)25(23,24)22-16-9-10-16;/h3-4,7-8,11-12,15-16,22H,2,5-6,9-10,13H2,1H3,(H2,19,20,21);1H. The average molecular weight is 490 g/mol. The molecule has 0 spiro atoms. The zero-order valence-electron chi connectivity index (χ0n) is 14.9. The van der Waals surface area contributed by atoms with E-state index in [1.54, 1.807) is 12.1 Å². The second-order valence-corrected chi connectivity index (χ2v) is 8.23. The van der Waals surface area contributed by atoms with Crippen LogP contribution < -0.4 is 15.4 Å². The molecule has 0 amide bonds. The molecule has 6 nitrogen and oxygen atoms in total. The number of rotatable bonds is 7. The predicted octanol–water partition coefficient (Wildman–Crippen LogP) is 2.52. The van der Waals surface area contributed by atoms with Gasteiger partial charge in [-0.05, 0) is 50.3 Å². The molecule has 0 aliphatic heterocycles. The molecule has 2 aliphatic rings. The van der Waals surface area contributed by atoms with E-state index in [9.17, 15) is 8.42 Å². The molecular weight excluding hydrogens is 463 g/mol. The van der Waals surface area contributed by atoms with Crippen LogP contribution in [-0.2, 0) is 16.6 Å². The summed E-state index contributed by atoms with van der Waals surface area (Å²) in [6.45, 7) is 3.35. The van der Waals surface area contributed by atoms with E-state index in [0.29, 0.717) is 17.5 Å². The van der Waals surface area contributed by atoms with Crippen molar-refractivity contribution in [3.8, 4) is 0 Å². The molecule has 3 N–H and O–H groups in total. The van der Waals surface area contributed by atoms with Crippen molar-refractivity contribution in [1.29, 1.82) is 0 Å². The number of hydrogen-bond donors (Lipinski definition) is 3. The van der Waals surface area contributed by atoms with E-state index in [2.05, 4.69) is 32.5 Å². The molecule has 0 saturated heterocycles. The number of halogens is 1. The van der Waals surface area contributed by atoms with Gasteiger partial charge in [-0.25, -0.2) is 18.1 Å². The minimum atomic E-state index is -3.39. The normalized spacial score (nSPS) is 17.8. The monoisotopic (exact) mass is 490 g/mol. The highest BCUT2D eigenvalue weighted by molar-refractivity contribution is 14.0. The average Bonchev–Trinajstić information content (AvgIpc) is 3.24. The summed E-state index contributed by atoms with van der Waals surface area (Å²) in [6.07, 6.45) is 8.26. The third kappa shape index (κ3) is 6.24. The molecular formula is C18H27IN4O2S. The second-order valence-electron chi connectivity index (χ2n) is 6.52. The highest BCUT2D eigenvalue weighted by Gasteiger charge is 2.27. The Bertz CT molecular complexity index is 735. The van der Waals surface area contributed by atoms with Gasteiger partial charge in [-0.15, -0.1) is 24.0 Å². The second kappa shape index (κ2) is 9.70. The molecule has 8 heteroatoms. The van der Waals surface area contributed by atoms with Crippen LogP contribution in [0, 0.1) is 0 Å². The predicted molar refractivity (Wildman–Crippen MR) is 115 cm³/mol. The highest BCUT2D eigenvalue weighted by Crippen LogP contribution is 2.22. The molecule has 0 aromatic heterocycles. The van der Waals surface area contributed by atoms with E-state index in [0.717, 1.165) is 43.8 Å². The number of benzene rings is 1. The van der Waals surface area contributed by atoms with Gasteiger partial charge in [0.05, 0.1) is 11.4 Å². The quantitative estimate of drug-likeness (QED) is 0.238. The van der Waals surface area contributed by atoms with Gasteiger partial charge >= 0.3 is 0 Å². The van der Waals surface area contributed by atoms with Gasteiger partial charge in [0.15, 0.2) is 5.96 Å². The smallest absolute Gasteiger partial charge is 0.240 e. The van der Waals surface area contributed by atoms with Crippen molar-refractivity contribution in [3.05, 3.63) is 42.0 Å². The Kier molecular flexibility index (Phi) is 7.90. The minimum Gasteiger partial charge on any atom is -0.357 e. The fraction of sp³-hybridized carbons (Fsp3) is 0.500. The summed E-state index contributed by atoms with van der Waals surface area (Å²) in [5, 5.41) is 6.67. The SMILES string of the molecule is CCNC(=NCc1ccc(S(=O)(=O)NC2CC2)cc1)NC1CC=CC1.I. The van der Waals surface area contributed by atoms with Crippen LogP contribution in [0.15, 0.2) is 46.3 Å². The van der Waals surface area contributed by atoms with Crippen molar-refractivity contribution in [2.24, 2.45) is 4.99 Å². The Morgan fingerprint density at radius 1 is 1.12 bits per heavy atom. The topological polar surface area (TPSA) is 82.6 Å². The lowest BCUT2D eigenvalue weighted by molar-refractivity contribution is 0.581. The molecule has 0 atom stereocenters. The molecule has 2 aliphatic carbocycles. The van der Waals surface area contributed by atoms with Crippen LogP contribution in [0.5, 0.6) is 0 Å². The molecule has 1 aromatic rings. The lowest BCUT2D eigenvalue weighted by Gasteiger charge is -2.16. The zero-order chi connectivity index (χ0) is 17.7. The summed E-state index contributed by atoms with van der Waals surface area (Å²) in [5.41, 5.74) is 0.979. The van der Waals surface area contributed by atoms with E-state index >= 15 is 0 Å². The summed E-state index contributed by atoms with van der Waals surface area (Å²) in [4.78, 5) is 4.91. The van der Waals surface area contributed by atoms with Gasteiger partial charge in [-0.3, -0.25) is 0 Å². The van der Waals surface area contributed by atoms with Crippen molar-refractivity contribution in [3.63, 3.8) is 0 Å². The lowest BCUT2D eigenvalue weighted by atomic mass is 10.2. The molecule has 1 fully saturated rings. The Morgan fingerprint density at radius 3 is 2.35 bits per heavy atom. The molecule has 3 rings (SSSR count). The van der Waals surface area contributed by atoms with Crippen LogP contribution in [0.25, 0.3) is 0 Å². The van der Waals surface area contributed by atoms with E-state index in [-0.39, 0.29) is 30.0 Å². The van der Waals surface area contributed by atoms with Gasteiger partial charge in [-0.2, -0.15) is 0 Å². The molecule has 0 radical (unpaired) electrons. The van der Waals surface area contributed by atoms with E-state index < -0.39 is 10.0 Å². The van der Waals surface area contributed by atoms with E-state index in [1.807, 2.05) is 19.1 Å². The Hall–Kier alpha value is -1.13. The molecule has 0 unspecified atom stereocenters. The Labute approximate surface area is 173 Å². The number of hydrogen-bond acceptors (Lipinski definition) is 3. The van der Waals surface area contributed by atoms with E-state index in [1.165, 1.54) is 0 Å². The highest BCUT2D eigenvalue weighted by atomic mass is 127. The van der Waals surface area contributed by atoms with Crippen molar-refractivity contribution in [2.75, 3.05) is 6.54 Å². The number of aliphatic imine (C=N–C) groups is 1. The van der Waals surface area contributed by atoms with Gasteiger partial charge in [0.1, 0.15) is 0 Å². The Morgan fingerprint density at radius 2 is 1.77 bits per heavy atom. The van der Waals surface area contributed by atoms with Gasteiger partial charge in [0, 0.05) is 18.6 Å². The first-order valence-corrected chi connectivity index (χ1v) is 10.4.